The Balaban J connectivity index is 1.56. The summed E-state index contributed by atoms with van der Waals surface area (Å²) in [4.78, 5) is 32.1. The summed E-state index contributed by atoms with van der Waals surface area (Å²) in [6.07, 6.45) is 23.6. The highest BCUT2D eigenvalue weighted by Crippen LogP contribution is 2.55. The second-order valence-electron chi connectivity index (χ2n) is 17.9. The third-order valence-corrected chi connectivity index (χ3v) is 19.6. The van der Waals surface area contributed by atoms with Crippen LogP contribution < -0.4 is 0 Å². The quantitative estimate of drug-likeness (QED) is 0.226. The number of benzene rings is 1. The number of carbonyl (C=O) groups excluding carboxylic acids is 2. The van der Waals surface area contributed by atoms with Gasteiger partial charge in [-0.3, -0.25) is 9.59 Å². The van der Waals surface area contributed by atoms with Crippen LogP contribution in [0, 0.1) is 23.2 Å². The summed E-state index contributed by atoms with van der Waals surface area (Å²) in [5.41, 5.74) is -0.287. The van der Waals surface area contributed by atoms with Crippen molar-refractivity contribution in [3.8, 4) is 0 Å². The molecule has 1 spiro atoms. The van der Waals surface area contributed by atoms with E-state index in [1.807, 2.05) is 6.07 Å². The molecule has 0 aromatic heterocycles. The summed E-state index contributed by atoms with van der Waals surface area (Å²) < 4.78 is 37.0. The van der Waals surface area contributed by atoms with Crippen molar-refractivity contribution >= 4 is 30.0 Å². The minimum absolute atomic E-state index is 0.0316. The average molecular weight is 753 g/mol. The first-order chi connectivity index (χ1) is 24.8. The zero-order valence-corrected chi connectivity index (χ0v) is 34.8. The molecule has 1 aromatic carbocycles. The van der Waals surface area contributed by atoms with Crippen molar-refractivity contribution in [3.05, 3.63) is 54.6 Å². The number of nitrogens with zero attached hydrogens (tertiary/aromatic N) is 2. The number of allylic oxidation sites excluding steroid dienone is 3. The van der Waals surface area contributed by atoms with Gasteiger partial charge in [0.1, 0.15) is 5.78 Å². The topological polar surface area (TPSA) is 84.0 Å². The lowest BCUT2D eigenvalue weighted by Gasteiger charge is -2.56. The van der Waals surface area contributed by atoms with E-state index in [9.17, 15) is 13.2 Å². The normalized spacial score (nSPS) is 31.4. The fourth-order valence-electron chi connectivity index (χ4n) is 9.15. The largest absolute Gasteiger partial charge is 0.414 e. The van der Waals surface area contributed by atoms with E-state index in [0.717, 1.165) is 70.6 Å². The second-order valence-corrected chi connectivity index (χ2v) is 24.6. The second kappa shape index (κ2) is 18.0. The molecule has 5 rings (SSSR count). The number of hydrogen-bond donors (Lipinski definition) is 0. The molecular formula is C43H68N2O5SSi. The molecule has 1 aliphatic carbocycles. The highest BCUT2D eigenvalue weighted by Gasteiger charge is 2.59. The van der Waals surface area contributed by atoms with Gasteiger partial charge in [0.25, 0.3) is 0 Å². The summed E-state index contributed by atoms with van der Waals surface area (Å²) in [6.45, 7) is 13.5. The Labute approximate surface area is 317 Å². The molecule has 0 N–H and O–H groups in total. The van der Waals surface area contributed by atoms with E-state index in [0.29, 0.717) is 32.5 Å². The van der Waals surface area contributed by atoms with Crippen molar-refractivity contribution in [2.24, 2.45) is 23.2 Å². The molecule has 3 heterocycles. The van der Waals surface area contributed by atoms with Gasteiger partial charge in [0, 0.05) is 50.0 Å². The highest BCUT2D eigenvalue weighted by molar-refractivity contribution is 7.89. The van der Waals surface area contributed by atoms with Crippen LogP contribution in [-0.4, -0.2) is 69.9 Å². The molecule has 52 heavy (non-hydrogen) atoms. The number of fused-ring (bicyclic) bond motifs is 4. The molecule has 4 aliphatic rings. The van der Waals surface area contributed by atoms with E-state index in [2.05, 4.69) is 63.1 Å². The van der Waals surface area contributed by atoms with Crippen molar-refractivity contribution in [3.63, 3.8) is 0 Å². The van der Waals surface area contributed by atoms with E-state index in [1.165, 1.54) is 19.3 Å². The molecule has 3 fully saturated rings. The highest BCUT2D eigenvalue weighted by atomic mass is 32.2. The van der Waals surface area contributed by atoms with Crippen LogP contribution in [0.3, 0.4) is 0 Å². The van der Waals surface area contributed by atoms with Crippen LogP contribution in [0.4, 0.5) is 0 Å². The zero-order chi connectivity index (χ0) is 37.4. The molecule has 4 bridgehead atoms. The number of hydrogen-bond acceptors (Lipinski definition) is 5. The lowest BCUT2D eigenvalue weighted by atomic mass is 9.53. The third kappa shape index (κ3) is 9.96. The first kappa shape index (κ1) is 41.1. The lowest BCUT2D eigenvalue weighted by Crippen LogP contribution is -2.63. The Morgan fingerprint density at radius 2 is 1.48 bits per heavy atom. The van der Waals surface area contributed by atoms with E-state index in [4.69, 9.17) is 4.43 Å². The molecule has 5 atom stereocenters. The van der Waals surface area contributed by atoms with Crippen molar-refractivity contribution in [2.45, 2.75) is 153 Å². The predicted octanol–water partition coefficient (Wildman–Crippen LogP) is 9.71. The summed E-state index contributed by atoms with van der Waals surface area (Å²) in [7, 11) is -5.93. The van der Waals surface area contributed by atoms with Crippen LogP contribution in [0.15, 0.2) is 59.5 Å². The van der Waals surface area contributed by atoms with Gasteiger partial charge in [-0.05, 0) is 93.5 Å². The maximum absolute atomic E-state index is 15.3. The van der Waals surface area contributed by atoms with E-state index >= 15 is 4.79 Å². The molecular weight excluding hydrogens is 685 g/mol. The van der Waals surface area contributed by atoms with E-state index in [-0.39, 0.29) is 45.6 Å². The smallest absolute Gasteiger partial charge is 0.243 e. The first-order valence-corrected chi connectivity index (χ1v) is 25.0. The Morgan fingerprint density at radius 3 is 2.19 bits per heavy atom. The SMILES string of the molecule is CC(C)(C)[Si](C)(C)O[C@H]1C/C=C\C/C=C\CCCN2C[C@]34CCCCCCCCCCN(S(=O)(=O)c5ccccc5)CCC(C(=O)C3C1)[C@@H](C4)C2=O. The maximum Gasteiger partial charge on any atom is 0.243 e. The van der Waals surface area contributed by atoms with Crippen LogP contribution in [0.2, 0.25) is 18.1 Å². The van der Waals surface area contributed by atoms with Crippen LogP contribution in [0.5, 0.6) is 0 Å². The molecule has 9 heteroatoms. The van der Waals surface area contributed by atoms with Crippen LogP contribution in [-0.2, 0) is 24.0 Å². The fourth-order valence-corrected chi connectivity index (χ4v) is 12.0. The van der Waals surface area contributed by atoms with Crippen molar-refractivity contribution in [2.75, 3.05) is 26.2 Å². The molecule has 2 unspecified atom stereocenters. The summed E-state index contributed by atoms with van der Waals surface area (Å²) in [6, 6.07) is 8.71. The molecule has 3 aliphatic heterocycles. The lowest BCUT2D eigenvalue weighted by molar-refractivity contribution is -0.168. The third-order valence-electron chi connectivity index (χ3n) is 13.2. The Hall–Kier alpha value is -2.07. The van der Waals surface area contributed by atoms with Gasteiger partial charge in [0.05, 0.1) is 4.90 Å². The van der Waals surface area contributed by atoms with Gasteiger partial charge < -0.3 is 9.33 Å². The van der Waals surface area contributed by atoms with Gasteiger partial charge in [0.15, 0.2) is 8.32 Å². The molecule has 290 valence electrons. The van der Waals surface area contributed by atoms with Gasteiger partial charge in [0.2, 0.25) is 15.9 Å². The number of ketones is 1. The predicted molar refractivity (Wildman–Crippen MR) is 214 cm³/mol. The van der Waals surface area contributed by atoms with Crippen LogP contribution >= 0.6 is 0 Å². The van der Waals surface area contributed by atoms with Gasteiger partial charge in [-0.25, -0.2) is 8.42 Å². The average Bonchev–Trinajstić information content (AvgIpc) is 3.09. The number of piperidine rings is 1. The Bertz CT molecular complexity index is 1500. The van der Waals surface area contributed by atoms with Crippen LogP contribution in [0.1, 0.15) is 124 Å². The maximum atomic E-state index is 15.3. The van der Waals surface area contributed by atoms with Crippen molar-refractivity contribution in [1.82, 2.24) is 9.21 Å². The van der Waals surface area contributed by atoms with Gasteiger partial charge >= 0.3 is 0 Å². The fraction of sp³-hybridized carbons (Fsp3) is 0.721. The summed E-state index contributed by atoms with van der Waals surface area (Å²) >= 11 is 0. The van der Waals surface area contributed by atoms with Gasteiger partial charge in [-0.1, -0.05) is 108 Å². The minimum Gasteiger partial charge on any atom is -0.414 e. The molecule has 2 saturated heterocycles. The van der Waals surface area contributed by atoms with Crippen molar-refractivity contribution < 1.29 is 22.4 Å². The monoisotopic (exact) mass is 752 g/mol. The number of rotatable bonds is 4. The number of carbonyl (C=O) groups is 2. The molecule has 1 amide bonds. The summed E-state index contributed by atoms with van der Waals surface area (Å²) in [5.74, 6) is -0.848. The number of sulfonamides is 1. The standard InChI is InChI=1S/C43H68N2O5SSi/c1-42(2,3)52(4,5)50-35-24-18-13-9-8-11-15-22-29-44-34-43-28-21-14-10-6-7-12-16-23-30-45(51(48,49)36-25-19-17-20-26-36)31-27-37(38(33-43)41(44)47)40(46)39(43)32-35/h8,11,13,17-20,25-26,35,37-39H,6-7,9-10,12,14-16,21-24,27-34H2,1-5H3/b11-8-,18-13-/t35-,37?,38+,39?,43+/m0/s1. The van der Waals surface area contributed by atoms with Crippen LogP contribution in [0.25, 0.3) is 0 Å². The molecule has 1 saturated carbocycles. The molecule has 1 aromatic rings. The summed E-state index contributed by atoms with van der Waals surface area (Å²) in [5, 5.41) is 0.0316. The first-order valence-electron chi connectivity index (χ1n) is 20.6. The number of Topliss-reactive ketones (excluding diaryl/α,β-unsaturated/α-hetero) is 1. The Morgan fingerprint density at radius 1 is 0.808 bits per heavy atom. The van der Waals surface area contributed by atoms with Gasteiger partial charge in [-0.2, -0.15) is 4.31 Å². The van der Waals surface area contributed by atoms with E-state index < -0.39 is 30.2 Å². The minimum atomic E-state index is -3.76. The zero-order valence-electron chi connectivity index (χ0n) is 33.0. The molecule has 0 radical (unpaired) electrons. The van der Waals surface area contributed by atoms with Gasteiger partial charge in [-0.15, -0.1) is 0 Å². The number of amides is 1. The molecule has 7 nitrogen and oxygen atoms in total. The van der Waals surface area contributed by atoms with Crippen molar-refractivity contribution in [1.29, 1.82) is 0 Å². The van der Waals surface area contributed by atoms with E-state index in [1.54, 1.807) is 28.6 Å². The Kier molecular flexibility index (Phi) is 14.3.